The molecule has 0 aromatic carbocycles. The second kappa shape index (κ2) is 9.32. The predicted octanol–water partition coefficient (Wildman–Crippen LogP) is 0.954. The van der Waals surface area contributed by atoms with Crippen LogP contribution in [0.1, 0.15) is 32.6 Å². The number of rotatable bonds is 8. The molecule has 72 valence electrons. The summed E-state index contributed by atoms with van der Waals surface area (Å²) in [6.45, 7) is 2.47. The van der Waals surface area contributed by atoms with Crippen LogP contribution >= 0.6 is 11.6 Å². The highest BCUT2D eigenvalue weighted by Crippen LogP contribution is 2.05. The standard InChI is InChI=1S/C7H17BClNO2/c1-2-3-4-5-7(9)10-6-12-8-11/h7-8,10-11H,2-6H2,1H3. The Kier molecular flexibility index (Phi) is 9.51. The molecule has 1 unspecified atom stereocenters. The molecule has 0 spiro atoms. The second-order valence-electron chi connectivity index (χ2n) is 2.65. The minimum absolute atomic E-state index is 0.0388. The molecule has 0 heterocycles. The summed E-state index contributed by atoms with van der Waals surface area (Å²) in [5, 5.41) is 11.2. The van der Waals surface area contributed by atoms with E-state index in [9.17, 15) is 0 Å². The largest absolute Gasteiger partial charge is 0.436 e. The molecule has 0 rings (SSSR count). The van der Waals surface area contributed by atoms with Gasteiger partial charge in [-0.25, -0.2) is 0 Å². The maximum atomic E-state index is 8.29. The second-order valence-corrected chi connectivity index (χ2v) is 3.17. The van der Waals surface area contributed by atoms with E-state index < -0.39 is 0 Å². The molecule has 0 aromatic heterocycles. The highest BCUT2D eigenvalue weighted by atomic mass is 35.5. The number of hydrogen-bond donors (Lipinski definition) is 2. The van der Waals surface area contributed by atoms with E-state index in [1.807, 2.05) is 0 Å². The van der Waals surface area contributed by atoms with Gasteiger partial charge in [-0.3, -0.25) is 5.32 Å². The highest BCUT2D eigenvalue weighted by Gasteiger charge is 2.01. The highest BCUT2D eigenvalue weighted by molar-refractivity contribution is 6.20. The number of unbranched alkanes of at least 4 members (excludes halogenated alkanes) is 2. The summed E-state index contributed by atoms with van der Waals surface area (Å²) < 4.78 is 4.67. The van der Waals surface area contributed by atoms with E-state index in [0.29, 0.717) is 6.73 Å². The fraction of sp³-hybridized carbons (Fsp3) is 1.00. The lowest BCUT2D eigenvalue weighted by Gasteiger charge is -2.10. The summed E-state index contributed by atoms with van der Waals surface area (Å²) in [7, 11) is -0.258. The van der Waals surface area contributed by atoms with Gasteiger partial charge in [0.1, 0.15) is 0 Å². The van der Waals surface area contributed by atoms with Gasteiger partial charge in [0.05, 0.1) is 12.2 Å². The van der Waals surface area contributed by atoms with Crippen LogP contribution in [-0.2, 0) is 4.65 Å². The van der Waals surface area contributed by atoms with Gasteiger partial charge in [0, 0.05) is 0 Å². The molecule has 0 radical (unpaired) electrons. The predicted molar refractivity (Wildman–Crippen MR) is 52.2 cm³/mol. The lowest BCUT2D eigenvalue weighted by atomic mass is 10.2. The molecule has 0 fully saturated rings. The fourth-order valence-electron chi connectivity index (χ4n) is 0.871. The average Bonchev–Trinajstić information content (AvgIpc) is 2.06. The molecule has 3 nitrogen and oxygen atoms in total. The van der Waals surface area contributed by atoms with Gasteiger partial charge in [-0.15, -0.1) is 11.6 Å². The topological polar surface area (TPSA) is 41.5 Å². The van der Waals surface area contributed by atoms with Crippen molar-refractivity contribution >= 4 is 19.3 Å². The molecule has 0 saturated heterocycles. The van der Waals surface area contributed by atoms with Crippen molar-refractivity contribution in [1.29, 1.82) is 0 Å². The summed E-state index contributed by atoms with van der Waals surface area (Å²) in [5.41, 5.74) is -0.0388. The maximum Gasteiger partial charge on any atom is 0.436 e. The summed E-state index contributed by atoms with van der Waals surface area (Å²) in [4.78, 5) is 0. The van der Waals surface area contributed by atoms with Gasteiger partial charge >= 0.3 is 7.69 Å². The minimum atomic E-state index is -0.258. The molecular weight excluding hydrogens is 176 g/mol. The van der Waals surface area contributed by atoms with E-state index in [1.54, 1.807) is 0 Å². The van der Waals surface area contributed by atoms with Crippen molar-refractivity contribution in [3.63, 3.8) is 0 Å². The van der Waals surface area contributed by atoms with Crippen LogP contribution in [0.15, 0.2) is 0 Å². The van der Waals surface area contributed by atoms with Gasteiger partial charge in [0.2, 0.25) is 0 Å². The van der Waals surface area contributed by atoms with Gasteiger partial charge in [0.15, 0.2) is 0 Å². The van der Waals surface area contributed by atoms with Gasteiger partial charge in [-0.05, 0) is 6.42 Å². The van der Waals surface area contributed by atoms with E-state index >= 15 is 0 Å². The quantitative estimate of drug-likeness (QED) is 0.198. The maximum absolute atomic E-state index is 8.29. The van der Waals surface area contributed by atoms with E-state index in [0.717, 1.165) is 12.8 Å². The minimum Gasteiger partial charge on any atom is -0.430 e. The van der Waals surface area contributed by atoms with Crippen LogP contribution in [0.25, 0.3) is 0 Å². The van der Waals surface area contributed by atoms with Gasteiger partial charge in [0.25, 0.3) is 0 Å². The number of hydrogen-bond acceptors (Lipinski definition) is 3. The molecular formula is C7H17BClNO2. The smallest absolute Gasteiger partial charge is 0.430 e. The Morgan fingerprint density at radius 3 is 2.92 bits per heavy atom. The van der Waals surface area contributed by atoms with E-state index in [4.69, 9.17) is 16.6 Å². The van der Waals surface area contributed by atoms with Gasteiger partial charge in [-0.2, -0.15) is 0 Å². The summed E-state index contributed by atoms with van der Waals surface area (Å²) >= 11 is 5.88. The average molecular weight is 193 g/mol. The Balaban J connectivity index is 3.04. The fourth-order valence-corrected chi connectivity index (χ4v) is 1.09. The molecule has 0 saturated carbocycles. The first-order valence-electron chi connectivity index (χ1n) is 4.37. The third-order valence-electron chi connectivity index (χ3n) is 1.56. The molecule has 2 N–H and O–H groups in total. The molecule has 0 aromatic rings. The zero-order valence-corrected chi connectivity index (χ0v) is 8.31. The SMILES string of the molecule is CCCCCC(Cl)NCOBO. The van der Waals surface area contributed by atoms with Crippen molar-refractivity contribution in [2.75, 3.05) is 6.73 Å². The number of alkyl halides is 1. The molecule has 12 heavy (non-hydrogen) atoms. The Hall–Kier alpha value is 0.235. The molecule has 0 aliphatic heterocycles. The molecule has 5 heteroatoms. The first-order chi connectivity index (χ1) is 5.81. The van der Waals surface area contributed by atoms with Crippen LogP contribution in [0.5, 0.6) is 0 Å². The van der Waals surface area contributed by atoms with E-state index in [-0.39, 0.29) is 13.2 Å². The monoisotopic (exact) mass is 193 g/mol. The van der Waals surface area contributed by atoms with Gasteiger partial charge < -0.3 is 9.68 Å². The van der Waals surface area contributed by atoms with Crippen LogP contribution in [0, 0.1) is 0 Å². The van der Waals surface area contributed by atoms with Crippen molar-refractivity contribution in [3.05, 3.63) is 0 Å². The van der Waals surface area contributed by atoms with Crippen molar-refractivity contribution in [2.45, 2.75) is 38.1 Å². The lowest BCUT2D eigenvalue weighted by Crippen LogP contribution is -2.27. The van der Waals surface area contributed by atoms with E-state index in [1.165, 1.54) is 12.8 Å². The third kappa shape index (κ3) is 8.33. The van der Waals surface area contributed by atoms with E-state index in [2.05, 4.69) is 16.9 Å². The summed E-state index contributed by atoms with van der Waals surface area (Å²) in [6.07, 6.45) is 4.50. The molecule has 0 amide bonds. The first kappa shape index (κ1) is 12.2. The first-order valence-corrected chi connectivity index (χ1v) is 4.81. The van der Waals surface area contributed by atoms with Crippen LogP contribution in [-0.4, -0.2) is 24.9 Å². The molecule has 0 bridgehead atoms. The Morgan fingerprint density at radius 2 is 2.33 bits per heavy atom. The molecule has 0 aliphatic carbocycles. The molecule has 0 aliphatic rings. The Morgan fingerprint density at radius 1 is 1.58 bits per heavy atom. The third-order valence-corrected chi connectivity index (χ3v) is 1.93. The van der Waals surface area contributed by atoms with Crippen LogP contribution in [0.4, 0.5) is 0 Å². The molecule has 1 atom stereocenters. The van der Waals surface area contributed by atoms with Crippen LogP contribution in [0.2, 0.25) is 0 Å². The van der Waals surface area contributed by atoms with Crippen molar-refractivity contribution < 1.29 is 9.68 Å². The number of nitrogens with one attached hydrogen (secondary N) is 1. The summed E-state index contributed by atoms with van der Waals surface area (Å²) in [6, 6.07) is 0. The number of halogens is 1. The van der Waals surface area contributed by atoms with Crippen molar-refractivity contribution in [2.24, 2.45) is 0 Å². The normalized spacial score (nSPS) is 12.9. The Labute approximate surface area is 79.7 Å². The van der Waals surface area contributed by atoms with Crippen molar-refractivity contribution in [3.8, 4) is 0 Å². The summed E-state index contributed by atoms with van der Waals surface area (Å²) in [5.74, 6) is 0. The van der Waals surface area contributed by atoms with Crippen molar-refractivity contribution in [1.82, 2.24) is 5.32 Å². The van der Waals surface area contributed by atoms with Gasteiger partial charge in [-0.1, -0.05) is 26.2 Å². The Bertz CT molecular complexity index is 87.5. The van der Waals surface area contributed by atoms with Crippen LogP contribution < -0.4 is 5.32 Å². The zero-order chi connectivity index (χ0) is 9.23. The zero-order valence-electron chi connectivity index (χ0n) is 7.55. The lowest BCUT2D eigenvalue weighted by molar-refractivity contribution is 0.250. The van der Waals surface area contributed by atoms with Crippen LogP contribution in [0.3, 0.4) is 0 Å².